The van der Waals surface area contributed by atoms with E-state index in [1.165, 1.54) is 44.2 Å². The molecule has 1 amide bonds. The van der Waals surface area contributed by atoms with Gasteiger partial charge in [-0.3, -0.25) is 4.79 Å². The van der Waals surface area contributed by atoms with Crippen molar-refractivity contribution >= 4 is 17.3 Å². The number of nitrogens with zero attached hydrogens (tertiary/aromatic N) is 1. The van der Waals surface area contributed by atoms with Gasteiger partial charge in [-0.2, -0.15) is 0 Å². The Balaban J connectivity index is 1.20. The lowest BCUT2D eigenvalue weighted by Gasteiger charge is -2.23. The van der Waals surface area contributed by atoms with Gasteiger partial charge >= 0.3 is 0 Å². The highest BCUT2D eigenvalue weighted by molar-refractivity contribution is 5.92. The van der Waals surface area contributed by atoms with Gasteiger partial charge in [-0.25, -0.2) is 4.98 Å². The highest BCUT2D eigenvalue weighted by Gasteiger charge is 2.21. The summed E-state index contributed by atoms with van der Waals surface area (Å²) in [5, 5.41) is 6.75. The molecular formula is C28H34N4O. The SMILES string of the molecule is O=C(Nc1ccc(-c2ncc(-c3ccc(NC4CCCCC4)cc3)[nH]2)cc1)C1CCCCC1. The van der Waals surface area contributed by atoms with Crippen LogP contribution in [-0.4, -0.2) is 21.9 Å². The number of imidazole rings is 1. The predicted molar refractivity (Wildman–Crippen MR) is 135 cm³/mol. The van der Waals surface area contributed by atoms with Gasteiger partial charge in [0.05, 0.1) is 11.9 Å². The Bertz CT molecular complexity index is 1040. The number of hydrogen-bond donors (Lipinski definition) is 3. The maximum atomic E-state index is 12.5. The van der Waals surface area contributed by atoms with Gasteiger partial charge in [-0.05, 0) is 67.6 Å². The van der Waals surface area contributed by atoms with Crippen LogP contribution in [0.2, 0.25) is 0 Å². The van der Waals surface area contributed by atoms with Gasteiger partial charge in [0.15, 0.2) is 0 Å². The van der Waals surface area contributed by atoms with Crippen molar-refractivity contribution in [1.29, 1.82) is 0 Å². The second-order valence-corrected chi connectivity index (χ2v) is 9.60. The fraction of sp³-hybridized carbons (Fsp3) is 0.429. The summed E-state index contributed by atoms with van der Waals surface area (Å²) in [6.45, 7) is 0. The van der Waals surface area contributed by atoms with Crippen molar-refractivity contribution in [1.82, 2.24) is 9.97 Å². The summed E-state index contributed by atoms with van der Waals surface area (Å²) in [7, 11) is 0. The van der Waals surface area contributed by atoms with Crippen LogP contribution in [0.5, 0.6) is 0 Å². The van der Waals surface area contributed by atoms with Crippen molar-refractivity contribution in [2.75, 3.05) is 10.6 Å². The van der Waals surface area contributed by atoms with E-state index in [2.05, 4.69) is 44.9 Å². The van der Waals surface area contributed by atoms with Crippen LogP contribution in [0.4, 0.5) is 11.4 Å². The van der Waals surface area contributed by atoms with Gasteiger partial charge in [0.25, 0.3) is 0 Å². The Morgan fingerprint density at radius 2 is 1.36 bits per heavy atom. The largest absolute Gasteiger partial charge is 0.382 e. The monoisotopic (exact) mass is 442 g/mol. The smallest absolute Gasteiger partial charge is 0.227 e. The van der Waals surface area contributed by atoms with Crippen molar-refractivity contribution in [3.8, 4) is 22.6 Å². The van der Waals surface area contributed by atoms with Gasteiger partial charge < -0.3 is 15.6 Å². The van der Waals surface area contributed by atoms with Crippen molar-refractivity contribution in [2.45, 2.75) is 70.3 Å². The second-order valence-electron chi connectivity index (χ2n) is 9.60. The fourth-order valence-electron chi connectivity index (χ4n) is 5.16. The first kappa shape index (κ1) is 21.7. The molecule has 0 unspecified atom stereocenters. The first-order valence-electron chi connectivity index (χ1n) is 12.6. The number of carbonyl (C=O) groups is 1. The van der Waals surface area contributed by atoms with Crippen molar-refractivity contribution in [3.63, 3.8) is 0 Å². The third-order valence-corrected chi connectivity index (χ3v) is 7.15. The summed E-state index contributed by atoms with van der Waals surface area (Å²) in [5.74, 6) is 1.15. The van der Waals surface area contributed by atoms with E-state index in [0.29, 0.717) is 6.04 Å². The number of aromatic amines is 1. The van der Waals surface area contributed by atoms with Crippen LogP contribution >= 0.6 is 0 Å². The summed E-state index contributed by atoms with van der Waals surface area (Å²) in [6, 6.07) is 17.2. The molecule has 0 spiro atoms. The minimum atomic E-state index is 0.157. The molecule has 0 bridgehead atoms. The molecule has 0 radical (unpaired) electrons. The zero-order chi connectivity index (χ0) is 22.5. The zero-order valence-electron chi connectivity index (χ0n) is 19.3. The van der Waals surface area contributed by atoms with Gasteiger partial charge in [-0.1, -0.05) is 50.7 Å². The first-order chi connectivity index (χ1) is 16.2. The molecule has 33 heavy (non-hydrogen) atoms. The second kappa shape index (κ2) is 10.2. The minimum Gasteiger partial charge on any atom is -0.382 e. The maximum absolute atomic E-state index is 12.5. The molecule has 2 fully saturated rings. The van der Waals surface area contributed by atoms with Crippen molar-refractivity contribution < 1.29 is 4.79 Å². The van der Waals surface area contributed by atoms with E-state index in [4.69, 9.17) is 0 Å². The van der Waals surface area contributed by atoms with E-state index in [9.17, 15) is 4.79 Å². The van der Waals surface area contributed by atoms with Crippen LogP contribution < -0.4 is 10.6 Å². The molecule has 1 heterocycles. The fourth-order valence-corrected chi connectivity index (χ4v) is 5.16. The molecular weight excluding hydrogens is 408 g/mol. The summed E-state index contributed by atoms with van der Waals surface area (Å²) in [6.07, 6.45) is 14.1. The lowest BCUT2D eigenvalue weighted by Crippen LogP contribution is -2.24. The molecule has 1 aromatic heterocycles. The molecule has 172 valence electrons. The molecule has 5 heteroatoms. The van der Waals surface area contributed by atoms with Gasteiger partial charge in [0.1, 0.15) is 5.82 Å². The zero-order valence-corrected chi connectivity index (χ0v) is 19.3. The molecule has 3 N–H and O–H groups in total. The van der Waals surface area contributed by atoms with Crippen LogP contribution in [-0.2, 0) is 4.79 Å². The van der Waals surface area contributed by atoms with E-state index >= 15 is 0 Å². The van der Waals surface area contributed by atoms with E-state index < -0.39 is 0 Å². The van der Waals surface area contributed by atoms with Crippen LogP contribution in [0.15, 0.2) is 54.7 Å². The summed E-state index contributed by atoms with van der Waals surface area (Å²) in [4.78, 5) is 20.5. The molecule has 5 rings (SSSR count). The number of carbonyl (C=O) groups excluding carboxylic acids is 1. The topological polar surface area (TPSA) is 69.8 Å². The molecule has 2 aliphatic carbocycles. The molecule has 2 aromatic carbocycles. The quantitative estimate of drug-likeness (QED) is 0.385. The lowest BCUT2D eigenvalue weighted by molar-refractivity contribution is -0.120. The number of anilines is 2. The Hall–Kier alpha value is -3.08. The maximum Gasteiger partial charge on any atom is 0.227 e. The Morgan fingerprint density at radius 1 is 0.758 bits per heavy atom. The number of aromatic nitrogens is 2. The molecule has 0 saturated heterocycles. The number of amides is 1. The Kier molecular flexibility index (Phi) is 6.75. The molecule has 0 aliphatic heterocycles. The molecule has 0 atom stereocenters. The van der Waals surface area contributed by atoms with Crippen LogP contribution in [0.3, 0.4) is 0 Å². The highest BCUT2D eigenvalue weighted by atomic mass is 16.1. The Labute approximate surface area is 196 Å². The number of benzene rings is 2. The highest BCUT2D eigenvalue weighted by Crippen LogP contribution is 2.28. The van der Waals surface area contributed by atoms with E-state index in [1.54, 1.807) is 0 Å². The number of nitrogens with one attached hydrogen (secondary N) is 3. The first-order valence-corrected chi connectivity index (χ1v) is 12.6. The average Bonchev–Trinajstić information content (AvgIpc) is 3.36. The number of hydrogen-bond acceptors (Lipinski definition) is 3. The van der Waals surface area contributed by atoms with E-state index in [0.717, 1.165) is 54.0 Å². The van der Waals surface area contributed by atoms with E-state index in [-0.39, 0.29) is 11.8 Å². The molecule has 2 aliphatic rings. The standard InChI is InChI=1S/C28H34N4O/c33-28(22-7-3-1-4-8-22)31-25-17-13-21(14-18-25)27-29-19-26(32-27)20-11-15-24(16-12-20)30-23-9-5-2-6-10-23/h11-19,22-23,30H,1-10H2,(H,29,32)(H,31,33). The summed E-state index contributed by atoms with van der Waals surface area (Å²) >= 11 is 0. The lowest BCUT2D eigenvalue weighted by atomic mass is 9.88. The van der Waals surface area contributed by atoms with Crippen LogP contribution in [0.25, 0.3) is 22.6 Å². The summed E-state index contributed by atoms with van der Waals surface area (Å²) < 4.78 is 0. The van der Waals surface area contributed by atoms with E-state index in [1.807, 2.05) is 30.5 Å². The predicted octanol–water partition coefficient (Wildman–Crippen LogP) is 7.01. The summed E-state index contributed by atoms with van der Waals surface area (Å²) in [5.41, 5.74) is 5.18. The van der Waals surface area contributed by atoms with Gasteiger partial charge in [0.2, 0.25) is 5.91 Å². The Morgan fingerprint density at radius 3 is 2.06 bits per heavy atom. The van der Waals surface area contributed by atoms with Gasteiger partial charge in [-0.15, -0.1) is 0 Å². The minimum absolute atomic E-state index is 0.157. The molecule has 2 saturated carbocycles. The van der Waals surface area contributed by atoms with Crippen molar-refractivity contribution in [3.05, 3.63) is 54.7 Å². The average molecular weight is 443 g/mol. The molecule has 3 aromatic rings. The van der Waals surface area contributed by atoms with Crippen molar-refractivity contribution in [2.24, 2.45) is 5.92 Å². The normalized spacial score (nSPS) is 17.6. The van der Waals surface area contributed by atoms with Crippen LogP contribution in [0, 0.1) is 5.92 Å². The third kappa shape index (κ3) is 5.47. The third-order valence-electron chi connectivity index (χ3n) is 7.15. The number of rotatable bonds is 6. The van der Waals surface area contributed by atoms with Gasteiger partial charge in [0, 0.05) is 28.9 Å². The van der Waals surface area contributed by atoms with Crippen LogP contribution in [0.1, 0.15) is 64.2 Å². The molecule has 5 nitrogen and oxygen atoms in total. The number of H-pyrrole nitrogens is 1.